The molecule has 2 amide bonds. The number of hydrogen-bond acceptors (Lipinski definition) is 6. The number of likely N-dealkylation sites (tertiary alicyclic amines) is 1. The number of hydrogen-bond donors (Lipinski definition) is 1. The SMILES string of the molecule is O=C(CCc1nc(-c2cccs2)no1)NCCC(=O)N1CCCCCC1. The van der Waals surface area contributed by atoms with E-state index in [1.807, 2.05) is 22.4 Å². The first kappa shape index (κ1) is 18.6. The Kier molecular flexibility index (Phi) is 6.76. The van der Waals surface area contributed by atoms with Gasteiger partial charge in [-0.2, -0.15) is 4.98 Å². The predicted octanol–water partition coefficient (Wildman–Crippen LogP) is 2.64. The largest absolute Gasteiger partial charge is 0.356 e. The predicted molar refractivity (Wildman–Crippen MR) is 98.6 cm³/mol. The second-order valence-corrected chi connectivity index (χ2v) is 7.33. The lowest BCUT2D eigenvalue weighted by Gasteiger charge is -2.20. The second kappa shape index (κ2) is 9.47. The molecular weight excluding hydrogens is 352 g/mol. The van der Waals surface area contributed by atoms with E-state index in [9.17, 15) is 9.59 Å². The van der Waals surface area contributed by atoms with Crippen molar-refractivity contribution in [2.75, 3.05) is 19.6 Å². The fraction of sp³-hybridized carbons (Fsp3) is 0.556. The van der Waals surface area contributed by atoms with E-state index in [1.165, 1.54) is 12.8 Å². The molecule has 1 fully saturated rings. The number of carbonyl (C=O) groups is 2. The first-order chi connectivity index (χ1) is 12.7. The van der Waals surface area contributed by atoms with Crippen LogP contribution in [0.1, 0.15) is 44.4 Å². The summed E-state index contributed by atoms with van der Waals surface area (Å²) in [4.78, 5) is 31.3. The summed E-state index contributed by atoms with van der Waals surface area (Å²) in [6, 6.07) is 3.85. The zero-order chi connectivity index (χ0) is 18.2. The van der Waals surface area contributed by atoms with Gasteiger partial charge in [0, 0.05) is 38.9 Å². The topological polar surface area (TPSA) is 88.3 Å². The summed E-state index contributed by atoms with van der Waals surface area (Å²) in [5, 5.41) is 8.67. The fourth-order valence-electron chi connectivity index (χ4n) is 2.96. The van der Waals surface area contributed by atoms with Gasteiger partial charge in [0.2, 0.25) is 23.5 Å². The molecule has 0 aliphatic carbocycles. The molecule has 1 aliphatic heterocycles. The van der Waals surface area contributed by atoms with Gasteiger partial charge in [-0.25, -0.2) is 0 Å². The molecule has 8 heteroatoms. The van der Waals surface area contributed by atoms with E-state index in [2.05, 4.69) is 15.5 Å². The van der Waals surface area contributed by atoms with Crippen molar-refractivity contribution in [2.24, 2.45) is 0 Å². The highest BCUT2D eigenvalue weighted by Gasteiger charge is 2.16. The van der Waals surface area contributed by atoms with Gasteiger partial charge in [-0.15, -0.1) is 11.3 Å². The molecule has 1 saturated heterocycles. The number of nitrogens with one attached hydrogen (secondary N) is 1. The van der Waals surface area contributed by atoms with Crippen LogP contribution >= 0.6 is 11.3 Å². The van der Waals surface area contributed by atoms with E-state index < -0.39 is 0 Å². The van der Waals surface area contributed by atoms with Crippen LogP contribution in [-0.2, 0) is 16.0 Å². The van der Waals surface area contributed by atoms with Gasteiger partial charge in [0.15, 0.2) is 0 Å². The van der Waals surface area contributed by atoms with Crippen LogP contribution < -0.4 is 5.32 Å². The van der Waals surface area contributed by atoms with Gasteiger partial charge in [-0.05, 0) is 24.3 Å². The summed E-state index contributed by atoms with van der Waals surface area (Å²) in [7, 11) is 0. The lowest BCUT2D eigenvalue weighted by molar-refractivity contribution is -0.131. The van der Waals surface area contributed by atoms with Crippen molar-refractivity contribution in [2.45, 2.75) is 44.9 Å². The molecular formula is C18H24N4O3S. The van der Waals surface area contributed by atoms with Crippen molar-refractivity contribution in [3.63, 3.8) is 0 Å². The van der Waals surface area contributed by atoms with Gasteiger partial charge in [-0.1, -0.05) is 24.1 Å². The van der Waals surface area contributed by atoms with Crippen LogP contribution in [0.2, 0.25) is 0 Å². The van der Waals surface area contributed by atoms with E-state index in [1.54, 1.807) is 11.3 Å². The zero-order valence-electron chi connectivity index (χ0n) is 14.8. The molecule has 0 aromatic carbocycles. The average molecular weight is 376 g/mol. The van der Waals surface area contributed by atoms with Crippen LogP contribution in [0.5, 0.6) is 0 Å². The minimum Gasteiger partial charge on any atom is -0.356 e. The van der Waals surface area contributed by atoms with Gasteiger partial charge >= 0.3 is 0 Å². The summed E-state index contributed by atoms with van der Waals surface area (Å²) in [5.41, 5.74) is 0. The fourth-order valence-corrected chi connectivity index (χ4v) is 3.61. The lowest BCUT2D eigenvalue weighted by atomic mass is 10.2. The highest BCUT2D eigenvalue weighted by atomic mass is 32.1. The van der Waals surface area contributed by atoms with Crippen molar-refractivity contribution >= 4 is 23.2 Å². The number of amides is 2. The molecule has 0 spiro atoms. The van der Waals surface area contributed by atoms with Crippen LogP contribution in [0.3, 0.4) is 0 Å². The number of nitrogens with zero attached hydrogens (tertiary/aromatic N) is 3. The van der Waals surface area contributed by atoms with E-state index in [-0.39, 0.29) is 18.2 Å². The molecule has 1 N–H and O–H groups in total. The summed E-state index contributed by atoms with van der Waals surface area (Å²) in [6.45, 7) is 2.06. The van der Waals surface area contributed by atoms with Crippen LogP contribution in [0, 0.1) is 0 Å². The van der Waals surface area contributed by atoms with Crippen molar-refractivity contribution in [3.8, 4) is 10.7 Å². The third kappa shape index (κ3) is 5.39. The monoisotopic (exact) mass is 376 g/mol. The van der Waals surface area contributed by atoms with Crippen LogP contribution in [-0.4, -0.2) is 46.5 Å². The molecule has 0 radical (unpaired) electrons. The van der Waals surface area contributed by atoms with Gasteiger partial charge < -0.3 is 14.7 Å². The zero-order valence-corrected chi connectivity index (χ0v) is 15.6. The van der Waals surface area contributed by atoms with E-state index >= 15 is 0 Å². The van der Waals surface area contributed by atoms with Crippen molar-refractivity contribution in [1.29, 1.82) is 0 Å². The molecule has 0 saturated carbocycles. The molecule has 3 rings (SSSR count). The van der Waals surface area contributed by atoms with E-state index in [4.69, 9.17) is 4.52 Å². The molecule has 0 bridgehead atoms. The lowest BCUT2D eigenvalue weighted by Crippen LogP contribution is -2.35. The average Bonchev–Trinajstić information content (AvgIpc) is 3.26. The molecule has 0 atom stereocenters. The van der Waals surface area contributed by atoms with Crippen LogP contribution in [0.25, 0.3) is 10.7 Å². The van der Waals surface area contributed by atoms with Crippen LogP contribution in [0.15, 0.2) is 22.0 Å². The maximum Gasteiger partial charge on any atom is 0.227 e. The highest BCUT2D eigenvalue weighted by Crippen LogP contribution is 2.21. The summed E-state index contributed by atoms with van der Waals surface area (Å²) < 4.78 is 5.18. The number of rotatable bonds is 7. The minimum atomic E-state index is -0.107. The molecule has 7 nitrogen and oxygen atoms in total. The van der Waals surface area contributed by atoms with E-state index in [0.717, 1.165) is 30.8 Å². The van der Waals surface area contributed by atoms with Gasteiger partial charge in [0.25, 0.3) is 0 Å². The Morgan fingerprint density at radius 3 is 2.73 bits per heavy atom. The third-order valence-electron chi connectivity index (χ3n) is 4.40. The van der Waals surface area contributed by atoms with Crippen molar-refractivity contribution < 1.29 is 14.1 Å². The molecule has 26 heavy (non-hydrogen) atoms. The first-order valence-electron chi connectivity index (χ1n) is 9.13. The normalized spacial score (nSPS) is 14.8. The summed E-state index contributed by atoms with van der Waals surface area (Å²) >= 11 is 1.54. The second-order valence-electron chi connectivity index (χ2n) is 6.38. The molecule has 3 heterocycles. The molecule has 140 valence electrons. The number of thiophene rings is 1. The number of aryl methyl sites for hydroxylation is 1. The summed E-state index contributed by atoms with van der Waals surface area (Å²) in [6.07, 6.45) is 5.57. The Balaban J connectivity index is 1.34. The standard InChI is InChI=1S/C18H24N4O3S/c23-15(19-10-9-17(24)22-11-3-1-2-4-12-22)7-8-16-20-18(21-25-16)14-6-5-13-26-14/h5-6,13H,1-4,7-12H2,(H,19,23). The summed E-state index contributed by atoms with van der Waals surface area (Å²) in [5.74, 6) is 1.02. The van der Waals surface area contributed by atoms with Crippen molar-refractivity contribution in [3.05, 3.63) is 23.4 Å². The Labute approximate surface area is 156 Å². The maximum atomic E-state index is 12.2. The van der Waals surface area contributed by atoms with Gasteiger partial charge in [0.05, 0.1) is 4.88 Å². The maximum absolute atomic E-state index is 12.2. The Bertz CT molecular complexity index is 706. The van der Waals surface area contributed by atoms with Gasteiger partial charge in [-0.3, -0.25) is 9.59 Å². The van der Waals surface area contributed by atoms with Crippen molar-refractivity contribution in [1.82, 2.24) is 20.4 Å². The third-order valence-corrected chi connectivity index (χ3v) is 5.26. The Morgan fingerprint density at radius 1 is 1.19 bits per heavy atom. The highest BCUT2D eigenvalue weighted by molar-refractivity contribution is 7.13. The molecule has 1 aliphatic rings. The first-order valence-corrected chi connectivity index (χ1v) is 10.0. The van der Waals surface area contributed by atoms with Crippen LogP contribution in [0.4, 0.5) is 0 Å². The number of aromatic nitrogens is 2. The van der Waals surface area contributed by atoms with E-state index in [0.29, 0.717) is 31.1 Å². The molecule has 2 aromatic rings. The Hall–Kier alpha value is -2.22. The Morgan fingerprint density at radius 2 is 2.00 bits per heavy atom. The minimum absolute atomic E-state index is 0.107. The van der Waals surface area contributed by atoms with Gasteiger partial charge in [0.1, 0.15) is 0 Å². The smallest absolute Gasteiger partial charge is 0.227 e. The quantitative estimate of drug-likeness (QED) is 0.802. The molecule has 2 aromatic heterocycles. The molecule has 0 unspecified atom stereocenters. The number of carbonyl (C=O) groups excluding carboxylic acids is 2.